The van der Waals surface area contributed by atoms with Crippen molar-refractivity contribution < 1.29 is 13.9 Å². The fourth-order valence-corrected chi connectivity index (χ4v) is 2.34. The summed E-state index contributed by atoms with van der Waals surface area (Å²) in [5.41, 5.74) is 1.37. The van der Waals surface area contributed by atoms with Crippen molar-refractivity contribution in [2.24, 2.45) is 7.05 Å². The second-order valence-corrected chi connectivity index (χ2v) is 5.01. The Balaban J connectivity index is 1.82. The molecular formula is C15H17FN2O2. The van der Waals surface area contributed by atoms with Crippen LogP contribution in [0.5, 0.6) is 5.75 Å². The van der Waals surface area contributed by atoms with Gasteiger partial charge in [0, 0.05) is 25.4 Å². The molecule has 20 heavy (non-hydrogen) atoms. The highest BCUT2D eigenvalue weighted by Crippen LogP contribution is 2.30. The SMILES string of the molecule is Cn1cnc(-c2cc(F)ccc2OCC2CCCO2)c1. The van der Waals surface area contributed by atoms with Crippen LogP contribution >= 0.6 is 0 Å². The quantitative estimate of drug-likeness (QED) is 0.861. The highest BCUT2D eigenvalue weighted by Gasteiger charge is 2.17. The molecule has 5 heteroatoms. The number of benzene rings is 1. The van der Waals surface area contributed by atoms with E-state index < -0.39 is 0 Å². The van der Waals surface area contributed by atoms with Gasteiger partial charge in [-0.3, -0.25) is 0 Å². The summed E-state index contributed by atoms with van der Waals surface area (Å²) in [6.07, 6.45) is 5.75. The van der Waals surface area contributed by atoms with Crippen molar-refractivity contribution in [2.45, 2.75) is 18.9 Å². The Morgan fingerprint density at radius 2 is 2.40 bits per heavy atom. The molecule has 1 fully saturated rings. The predicted octanol–water partition coefficient (Wildman–Crippen LogP) is 2.78. The Kier molecular flexibility index (Phi) is 3.69. The molecule has 4 nitrogen and oxygen atoms in total. The van der Waals surface area contributed by atoms with E-state index in [0.29, 0.717) is 23.6 Å². The van der Waals surface area contributed by atoms with Crippen molar-refractivity contribution in [1.29, 1.82) is 0 Å². The van der Waals surface area contributed by atoms with E-state index in [-0.39, 0.29) is 11.9 Å². The van der Waals surface area contributed by atoms with Crippen molar-refractivity contribution in [3.63, 3.8) is 0 Å². The predicted molar refractivity (Wildman–Crippen MR) is 73.1 cm³/mol. The first-order valence-corrected chi connectivity index (χ1v) is 6.74. The maximum absolute atomic E-state index is 13.5. The van der Waals surface area contributed by atoms with Crippen LogP contribution in [0.3, 0.4) is 0 Å². The van der Waals surface area contributed by atoms with Gasteiger partial charge in [-0.15, -0.1) is 0 Å². The average Bonchev–Trinajstić information content (AvgIpc) is 3.08. The number of hydrogen-bond acceptors (Lipinski definition) is 3. The molecule has 2 aromatic rings. The second kappa shape index (κ2) is 5.63. The van der Waals surface area contributed by atoms with Crippen LogP contribution in [-0.2, 0) is 11.8 Å². The van der Waals surface area contributed by atoms with E-state index in [0.717, 1.165) is 19.4 Å². The Labute approximate surface area is 117 Å². The molecular weight excluding hydrogens is 259 g/mol. The zero-order valence-electron chi connectivity index (χ0n) is 11.4. The van der Waals surface area contributed by atoms with E-state index in [4.69, 9.17) is 9.47 Å². The Morgan fingerprint density at radius 1 is 1.50 bits per heavy atom. The minimum absolute atomic E-state index is 0.136. The van der Waals surface area contributed by atoms with Gasteiger partial charge in [0.1, 0.15) is 18.2 Å². The summed E-state index contributed by atoms with van der Waals surface area (Å²) >= 11 is 0. The largest absolute Gasteiger partial charge is 0.490 e. The topological polar surface area (TPSA) is 36.3 Å². The second-order valence-electron chi connectivity index (χ2n) is 5.01. The molecule has 106 valence electrons. The van der Waals surface area contributed by atoms with Gasteiger partial charge < -0.3 is 14.0 Å². The molecule has 3 rings (SSSR count). The molecule has 0 saturated carbocycles. The Hall–Kier alpha value is -1.88. The van der Waals surface area contributed by atoms with Gasteiger partial charge in [-0.05, 0) is 31.0 Å². The lowest BCUT2D eigenvalue weighted by Crippen LogP contribution is -2.16. The molecule has 0 radical (unpaired) electrons. The molecule has 1 aromatic carbocycles. The summed E-state index contributed by atoms with van der Waals surface area (Å²) in [5.74, 6) is 0.343. The zero-order valence-corrected chi connectivity index (χ0v) is 11.4. The lowest BCUT2D eigenvalue weighted by atomic mass is 10.1. The van der Waals surface area contributed by atoms with Crippen molar-refractivity contribution in [2.75, 3.05) is 13.2 Å². The van der Waals surface area contributed by atoms with Crippen molar-refractivity contribution in [3.8, 4) is 17.0 Å². The van der Waals surface area contributed by atoms with Crippen LogP contribution in [0.25, 0.3) is 11.3 Å². The third-order valence-corrected chi connectivity index (χ3v) is 3.37. The number of halogens is 1. The van der Waals surface area contributed by atoms with Crippen LogP contribution in [0.4, 0.5) is 4.39 Å². The maximum Gasteiger partial charge on any atom is 0.129 e. The first-order chi connectivity index (χ1) is 9.72. The first kappa shape index (κ1) is 13.1. The molecule has 2 heterocycles. The van der Waals surface area contributed by atoms with Crippen molar-refractivity contribution in [1.82, 2.24) is 9.55 Å². The van der Waals surface area contributed by atoms with Gasteiger partial charge in [0.05, 0.1) is 18.1 Å². The summed E-state index contributed by atoms with van der Waals surface area (Å²) in [4.78, 5) is 4.25. The van der Waals surface area contributed by atoms with Gasteiger partial charge in [0.25, 0.3) is 0 Å². The lowest BCUT2D eigenvalue weighted by Gasteiger charge is -2.14. The van der Waals surface area contributed by atoms with Gasteiger partial charge in [-0.1, -0.05) is 0 Å². The van der Waals surface area contributed by atoms with E-state index in [1.54, 1.807) is 12.4 Å². The van der Waals surface area contributed by atoms with Crippen LogP contribution < -0.4 is 4.74 Å². The molecule has 0 spiro atoms. The molecule has 1 aromatic heterocycles. The van der Waals surface area contributed by atoms with E-state index in [9.17, 15) is 4.39 Å². The number of hydrogen-bond donors (Lipinski definition) is 0. The molecule has 0 N–H and O–H groups in total. The molecule has 0 aliphatic carbocycles. The van der Waals surface area contributed by atoms with Crippen molar-refractivity contribution >= 4 is 0 Å². The van der Waals surface area contributed by atoms with Crippen LogP contribution in [0.15, 0.2) is 30.7 Å². The highest BCUT2D eigenvalue weighted by molar-refractivity contribution is 5.66. The van der Waals surface area contributed by atoms with Crippen molar-refractivity contribution in [3.05, 3.63) is 36.5 Å². The highest BCUT2D eigenvalue weighted by atomic mass is 19.1. The van der Waals surface area contributed by atoms with E-state index in [1.807, 2.05) is 17.8 Å². The molecule has 1 aliphatic heterocycles. The maximum atomic E-state index is 13.5. The summed E-state index contributed by atoms with van der Waals surface area (Å²) in [5, 5.41) is 0. The molecule has 1 unspecified atom stereocenters. The van der Waals surface area contributed by atoms with E-state index >= 15 is 0 Å². The third-order valence-electron chi connectivity index (χ3n) is 3.37. The van der Waals surface area contributed by atoms with Gasteiger partial charge in [0.2, 0.25) is 0 Å². The smallest absolute Gasteiger partial charge is 0.129 e. The average molecular weight is 276 g/mol. The monoisotopic (exact) mass is 276 g/mol. The molecule has 1 atom stereocenters. The molecule has 0 amide bonds. The summed E-state index contributed by atoms with van der Waals surface area (Å²) in [6.45, 7) is 1.29. The summed E-state index contributed by atoms with van der Waals surface area (Å²) in [6, 6.07) is 4.50. The van der Waals surface area contributed by atoms with Crippen LogP contribution in [0, 0.1) is 5.82 Å². The minimum atomic E-state index is -0.296. The number of imidazole rings is 1. The number of aryl methyl sites for hydroxylation is 1. The number of nitrogens with zero attached hydrogens (tertiary/aromatic N) is 2. The molecule has 0 bridgehead atoms. The van der Waals surface area contributed by atoms with Gasteiger partial charge in [0.15, 0.2) is 0 Å². The minimum Gasteiger partial charge on any atom is -0.490 e. The van der Waals surface area contributed by atoms with E-state index in [1.165, 1.54) is 12.1 Å². The van der Waals surface area contributed by atoms with Gasteiger partial charge >= 0.3 is 0 Å². The number of aromatic nitrogens is 2. The number of rotatable bonds is 4. The normalized spacial score (nSPS) is 18.4. The summed E-state index contributed by atoms with van der Waals surface area (Å²) in [7, 11) is 1.88. The fraction of sp³-hybridized carbons (Fsp3) is 0.400. The van der Waals surface area contributed by atoms with Crippen LogP contribution in [0.1, 0.15) is 12.8 Å². The number of ether oxygens (including phenoxy) is 2. The van der Waals surface area contributed by atoms with Crippen LogP contribution in [-0.4, -0.2) is 28.9 Å². The Bertz CT molecular complexity index is 591. The molecule has 1 aliphatic rings. The van der Waals surface area contributed by atoms with Gasteiger partial charge in [-0.25, -0.2) is 9.37 Å². The van der Waals surface area contributed by atoms with E-state index in [2.05, 4.69) is 4.98 Å². The standard InChI is InChI=1S/C15H17FN2O2/c1-18-8-14(17-10-18)13-7-11(16)4-5-15(13)20-9-12-3-2-6-19-12/h4-5,7-8,10,12H,2-3,6,9H2,1H3. The fourth-order valence-electron chi connectivity index (χ4n) is 2.34. The van der Waals surface area contributed by atoms with Gasteiger partial charge in [-0.2, -0.15) is 0 Å². The summed E-state index contributed by atoms with van der Waals surface area (Å²) < 4.78 is 26.6. The third kappa shape index (κ3) is 2.82. The lowest BCUT2D eigenvalue weighted by molar-refractivity contribution is 0.0681. The van der Waals surface area contributed by atoms with Crippen LogP contribution in [0.2, 0.25) is 0 Å². The Morgan fingerprint density at radius 3 is 3.10 bits per heavy atom. The zero-order chi connectivity index (χ0) is 13.9. The molecule has 1 saturated heterocycles. The first-order valence-electron chi connectivity index (χ1n) is 6.74.